The van der Waals surface area contributed by atoms with E-state index in [-0.39, 0.29) is 17.7 Å². The van der Waals surface area contributed by atoms with E-state index in [2.05, 4.69) is 20.5 Å². The molecule has 1 aromatic carbocycles. The Morgan fingerprint density at radius 2 is 1.83 bits per heavy atom. The first kappa shape index (κ1) is 18.1. The standard InChI is InChI=1S/C16H21N5O.C2H6/c1-11-15(18-19-21(11)3)13-9-20(2)10-14(13)16(22)17-12-7-5-4-6-8-12;1-2/h4-8,13-14H,9-10H2,1-3H3,(H,17,22);1-2H3/t13-,14-;/m0./s1. The van der Waals surface area contributed by atoms with Gasteiger partial charge in [0, 0.05) is 31.7 Å². The van der Waals surface area contributed by atoms with E-state index in [4.69, 9.17) is 0 Å². The number of hydrogen-bond donors (Lipinski definition) is 1. The highest BCUT2D eigenvalue weighted by Crippen LogP contribution is 2.33. The third kappa shape index (κ3) is 3.82. The van der Waals surface area contributed by atoms with E-state index >= 15 is 0 Å². The summed E-state index contributed by atoms with van der Waals surface area (Å²) >= 11 is 0. The molecule has 2 atom stereocenters. The second-order valence-corrected chi connectivity index (χ2v) is 5.97. The molecule has 1 fully saturated rings. The van der Waals surface area contributed by atoms with Gasteiger partial charge in [0.15, 0.2) is 0 Å². The van der Waals surface area contributed by atoms with E-state index in [1.165, 1.54) is 0 Å². The topological polar surface area (TPSA) is 63.1 Å². The van der Waals surface area contributed by atoms with Crippen LogP contribution in [0.3, 0.4) is 0 Å². The number of nitrogens with one attached hydrogen (secondary N) is 1. The first-order valence-corrected chi connectivity index (χ1v) is 8.47. The van der Waals surface area contributed by atoms with Crippen molar-refractivity contribution >= 4 is 11.6 Å². The SMILES string of the molecule is CC.Cc1c([C@H]2CN(C)C[C@@H]2C(=O)Nc2ccccc2)nnn1C. The van der Waals surface area contributed by atoms with Crippen LogP contribution < -0.4 is 5.32 Å². The molecule has 0 unspecified atom stereocenters. The fourth-order valence-corrected chi connectivity index (χ4v) is 3.06. The molecule has 0 saturated carbocycles. The molecular formula is C18H27N5O. The van der Waals surface area contributed by atoms with Gasteiger partial charge in [0.1, 0.15) is 0 Å². The normalized spacial score (nSPS) is 20.4. The summed E-state index contributed by atoms with van der Waals surface area (Å²) in [4.78, 5) is 14.8. The highest BCUT2D eigenvalue weighted by atomic mass is 16.2. The smallest absolute Gasteiger partial charge is 0.229 e. The summed E-state index contributed by atoms with van der Waals surface area (Å²) in [5.41, 5.74) is 2.79. The maximum absolute atomic E-state index is 12.7. The third-order valence-electron chi connectivity index (χ3n) is 4.37. The molecule has 2 heterocycles. The number of carbonyl (C=O) groups excluding carboxylic acids is 1. The van der Waals surface area contributed by atoms with Gasteiger partial charge < -0.3 is 10.2 Å². The van der Waals surface area contributed by atoms with Crippen molar-refractivity contribution in [2.24, 2.45) is 13.0 Å². The van der Waals surface area contributed by atoms with Crippen molar-refractivity contribution in [1.82, 2.24) is 19.9 Å². The summed E-state index contributed by atoms with van der Waals surface area (Å²) < 4.78 is 1.76. The van der Waals surface area contributed by atoms with Crippen LogP contribution in [0.1, 0.15) is 31.2 Å². The van der Waals surface area contributed by atoms with Crippen LogP contribution in [0.4, 0.5) is 5.69 Å². The third-order valence-corrected chi connectivity index (χ3v) is 4.37. The molecule has 6 nitrogen and oxygen atoms in total. The van der Waals surface area contributed by atoms with Crippen molar-refractivity contribution in [3.8, 4) is 0 Å². The Bertz CT molecular complexity index is 667. The van der Waals surface area contributed by atoms with Crippen molar-refractivity contribution in [2.45, 2.75) is 26.7 Å². The zero-order valence-corrected chi connectivity index (χ0v) is 15.2. The van der Waals surface area contributed by atoms with Gasteiger partial charge in [0.2, 0.25) is 5.91 Å². The van der Waals surface area contributed by atoms with Crippen LogP contribution in [0.5, 0.6) is 0 Å². The molecule has 0 spiro atoms. The van der Waals surface area contributed by atoms with Crippen molar-refractivity contribution < 1.29 is 4.79 Å². The van der Waals surface area contributed by atoms with Gasteiger partial charge in [-0.25, -0.2) is 0 Å². The summed E-state index contributed by atoms with van der Waals surface area (Å²) in [5, 5.41) is 11.4. The van der Waals surface area contributed by atoms with Crippen molar-refractivity contribution in [3.05, 3.63) is 41.7 Å². The van der Waals surface area contributed by atoms with Gasteiger partial charge in [0.05, 0.1) is 17.3 Å². The van der Waals surface area contributed by atoms with Crippen LogP contribution in [-0.4, -0.2) is 45.9 Å². The first-order chi connectivity index (χ1) is 11.6. The van der Waals surface area contributed by atoms with E-state index in [0.717, 1.165) is 30.2 Å². The van der Waals surface area contributed by atoms with Crippen LogP contribution in [-0.2, 0) is 11.8 Å². The minimum absolute atomic E-state index is 0.0469. The molecule has 6 heteroatoms. The van der Waals surface area contributed by atoms with Crippen molar-refractivity contribution in [1.29, 1.82) is 0 Å². The number of amides is 1. The van der Waals surface area contributed by atoms with E-state index in [1.807, 2.05) is 65.2 Å². The van der Waals surface area contributed by atoms with Crippen molar-refractivity contribution in [3.63, 3.8) is 0 Å². The number of hydrogen-bond acceptors (Lipinski definition) is 4. The molecular weight excluding hydrogens is 302 g/mol. The number of carbonyl (C=O) groups is 1. The summed E-state index contributed by atoms with van der Waals surface area (Å²) in [5.74, 6) is 0.0219. The summed E-state index contributed by atoms with van der Waals surface area (Å²) in [6.45, 7) is 7.56. The Balaban J connectivity index is 0.00000100. The van der Waals surface area contributed by atoms with Crippen molar-refractivity contribution in [2.75, 3.05) is 25.5 Å². The number of rotatable bonds is 3. The molecule has 0 radical (unpaired) electrons. The second-order valence-electron chi connectivity index (χ2n) is 5.97. The lowest BCUT2D eigenvalue weighted by Gasteiger charge is -2.17. The van der Waals surface area contributed by atoms with Crippen LogP contribution >= 0.6 is 0 Å². The molecule has 130 valence electrons. The Hall–Kier alpha value is -2.21. The monoisotopic (exact) mass is 329 g/mol. The maximum atomic E-state index is 12.7. The van der Waals surface area contributed by atoms with E-state index in [1.54, 1.807) is 4.68 Å². The van der Waals surface area contributed by atoms with Gasteiger partial charge in [-0.2, -0.15) is 0 Å². The highest BCUT2D eigenvalue weighted by molar-refractivity contribution is 5.93. The number of aromatic nitrogens is 3. The predicted molar refractivity (Wildman–Crippen MR) is 95.9 cm³/mol. The summed E-state index contributed by atoms with van der Waals surface area (Å²) in [7, 11) is 3.91. The van der Waals surface area contributed by atoms with Crippen LogP contribution in [0.2, 0.25) is 0 Å². The number of nitrogens with zero attached hydrogens (tertiary/aromatic N) is 4. The van der Waals surface area contributed by atoms with Gasteiger partial charge >= 0.3 is 0 Å². The van der Waals surface area contributed by atoms with Crippen LogP contribution in [0.15, 0.2) is 30.3 Å². The number of likely N-dealkylation sites (tertiary alicyclic amines) is 1. The fourth-order valence-electron chi connectivity index (χ4n) is 3.06. The number of likely N-dealkylation sites (N-methyl/N-ethyl adjacent to an activating group) is 1. The minimum atomic E-state index is -0.111. The van der Waals surface area contributed by atoms with Gasteiger partial charge in [-0.05, 0) is 26.1 Å². The molecule has 1 N–H and O–H groups in total. The molecule has 2 aromatic rings. The fraction of sp³-hybridized carbons (Fsp3) is 0.500. The molecule has 1 saturated heterocycles. The molecule has 0 aliphatic carbocycles. The molecule has 3 rings (SSSR count). The highest BCUT2D eigenvalue weighted by Gasteiger charge is 2.39. The number of benzene rings is 1. The minimum Gasteiger partial charge on any atom is -0.326 e. The lowest BCUT2D eigenvalue weighted by atomic mass is 9.91. The zero-order valence-electron chi connectivity index (χ0n) is 15.2. The number of aryl methyl sites for hydroxylation is 1. The molecule has 24 heavy (non-hydrogen) atoms. The molecule has 1 aliphatic rings. The van der Waals surface area contributed by atoms with E-state index < -0.39 is 0 Å². The summed E-state index contributed by atoms with van der Waals surface area (Å²) in [6, 6.07) is 9.57. The predicted octanol–water partition coefficient (Wildman–Crippen LogP) is 2.43. The van der Waals surface area contributed by atoms with E-state index in [0.29, 0.717) is 0 Å². The molecule has 1 aromatic heterocycles. The van der Waals surface area contributed by atoms with Gasteiger partial charge in [-0.1, -0.05) is 37.3 Å². The van der Waals surface area contributed by atoms with E-state index in [9.17, 15) is 4.79 Å². The molecule has 0 bridgehead atoms. The average molecular weight is 329 g/mol. The van der Waals surface area contributed by atoms with Crippen LogP contribution in [0.25, 0.3) is 0 Å². The quantitative estimate of drug-likeness (QED) is 0.939. The lowest BCUT2D eigenvalue weighted by Crippen LogP contribution is -2.28. The first-order valence-electron chi connectivity index (χ1n) is 8.47. The Kier molecular flexibility index (Phi) is 6.09. The average Bonchev–Trinajstić information content (AvgIpc) is 3.13. The van der Waals surface area contributed by atoms with Gasteiger partial charge in [0.25, 0.3) is 0 Å². The van der Waals surface area contributed by atoms with Gasteiger partial charge in [-0.15, -0.1) is 5.10 Å². The summed E-state index contributed by atoms with van der Waals surface area (Å²) in [6.07, 6.45) is 0. The Morgan fingerprint density at radius 3 is 2.42 bits per heavy atom. The van der Waals surface area contributed by atoms with Gasteiger partial charge in [-0.3, -0.25) is 9.48 Å². The Morgan fingerprint density at radius 1 is 1.17 bits per heavy atom. The number of anilines is 1. The molecule has 1 amide bonds. The largest absolute Gasteiger partial charge is 0.326 e. The lowest BCUT2D eigenvalue weighted by molar-refractivity contribution is -0.119. The molecule has 1 aliphatic heterocycles. The maximum Gasteiger partial charge on any atom is 0.229 e. The second kappa shape index (κ2) is 8.06. The number of para-hydroxylation sites is 1. The van der Waals surface area contributed by atoms with Crippen LogP contribution in [0, 0.1) is 12.8 Å². The Labute approximate surface area is 143 Å². The zero-order chi connectivity index (χ0) is 17.7.